The summed E-state index contributed by atoms with van der Waals surface area (Å²) in [6.07, 6.45) is 2.94. The van der Waals surface area contributed by atoms with E-state index in [4.69, 9.17) is 0 Å². The summed E-state index contributed by atoms with van der Waals surface area (Å²) >= 11 is 1.76. The molecule has 0 saturated heterocycles. The van der Waals surface area contributed by atoms with Crippen LogP contribution < -0.4 is 5.32 Å². The number of hydrogen-bond acceptors (Lipinski definition) is 4. The highest BCUT2D eigenvalue weighted by Crippen LogP contribution is 2.28. The maximum Gasteiger partial charge on any atom is 0.142 e. The van der Waals surface area contributed by atoms with E-state index in [1.807, 2.05) is 19.2 Å². The minimum Gasteiger partial charge on any atom is -0.311 e. The lowest BCUT2D eigenvalue weighted by Crippen LogP contribution is -2.22. The van der Waals surface area contributed by atoms with E-state index < -0.39 is 0 Å². The van der Waals surface area contributed by atoms with Gasteiger partial charge >= 0.3 is 0 Å². The normalized spacial score (nSPS) is 14.8. The lowest BCUT2D eigenvalue weighted by molar-refractivity contribution is 0.644. The highest BCUT2D eigenvalue weighted by molar-refractivity contribution is 7.15. The smallest absolute Gasteiger partial charge is 0.142 e. The average Bonchev–Trinajstić information content (AvgIpc) is 2.73. The summed E-state index contributed by atoms with van der Waals surface area (Å²) in [7, 11) is 0. The SMILES string of the molecule is Cc1ccc(-c2nc3c(s2)CNCC3)nc1. The maximum atomic E-state index is 4.67. The molecule has 0 bridgehead atoms. The Labute approximate surface area is 98.6 Å². The molecule has 0 amide bonds. The Morgan fingerprint density at radius 2 is 2.31 bits per heavy atom. The molecular formula is C12H13N3S. The molecule has 3 nitrogen and oxygen atoms in total. The molecule has 0 aromatic carbocycles. The Morgan fingerprint density at radius 1 is 1.38 bits per heavy atom. The molecular weight excluding hydrogens is 218 g/mol. The van der Waals surface area contributed by atoms with E-state index in [0.717, 1.165) is 30.2 Å². The van der Waals surface area contributed by atoms with Crippen LogP contribution in [0.25, 0.3) is 10.7 Å². The van der Waals surface area contributed by atoms with Gasteiger partial charge in [0.2, 0.25) is 0 Å². The molecule has 0 saturated carbocycles. The Morgan fingerprint density at radius 3 is 3.06 bits per heavy atom. The molecule has 3 rings (SSSR count). The van der Waals surface area contributed by atoms with Crippen LogP contribution in [0.5, 0.6) is 0 Å². The summed E-state index contributed by atoms with van der Waals surface area (Å²) in [4.78, 5) is 10.5. The highest BCUT2D eigenvalue weighted by atomic mass is 32.1. The number of pyridine rings is 1. The summed E-state index contributed by atoms with van der Waals surface area (Å²) < 4.78 is 0. The third-order valence-corrected chi connectivity index (χ3v) is 3.85. The number of thiazole rings is 1. The van der Waals surface area contributed by atoms with Crippen molar-refractivity contribution in [3.05, 3.63) is 34.5 Å². The van der Waals surface area contributed by atoms with Crippen LogP contribution in [-0.4, -0.2) is 16.5 Å². The molecule has 0 fully saturated rings. The van der Waals surface area contributed by atoms with Crippen molar-refractivity contribution in [2.45, 2.75) is 19.9 Å². The third-order valence-electron chi connectivity index (χ3n) is 2.73. The molecule has 16 heavy (non-hydrogen) atoms. The molecule has 0 unspecified atom stereocenters. The largest absolute Gasteiger partial charge is 0.311 e. The number of rotatable bonds is 1. The van der Waals surface area contributed by atoms with Gasteiger partial charge in [-0.2, -0.15) is 0 Å². The van der Waals surface area contributed by atoms with E-state index in [1.165, 1.54) is 16.1 Å². The topological polar surface area (TPSA) is 37.8 Å². The van der Waals surface area contributed by atoms with E-state index in [-0.39, 0.29) is 0 Å². The molecule has 1 aliphatic heterocycles. The van der Waals surface area contributed by atoms with Gasteiger partial charge in [-0.3, -0.25) is 4.98 Å². The second-order valence-corrected chi connectivity index (χ2v) is 5.12. The van der Waals surface area contributed by atoms with Gasteiger partial charge in [0.05, 0.1) is 11.4 Å². The lowest BCUT2D eigenvalue weighted by Gasteiger charge is -2.09. The van der Waals surface area contributed by atoms with Crippen LogP contribution in [-0.2, 0) is 13.0 Å². The molecule has 0 spiro atoms. The van der Waals surface area contributed by atoms with Crippen LogP contribution in [0.1, 0.15) is 16.1 Å². The first kappa shape index (κ1) is 9.93. The highest BCUT2D eigenvalue weighted by Gasteiger charge is 2.15. The van der Waals surface area contributed by atoms with Crippen molar-refractivity contribution >= 4 is 11.3 Å². The Hall–Kier alpha value is -1.26. The van der Waals surface area contributed by atoms with Gasteiger partial charge in [0.25, 0.3) is 0 Å². The molecule has 3 heterocycles. The number of aryl methyl sites for hydroxylation is 1. The molecule has 4 heteroatoms. The second kappa shape index (κ2) is 3.96. The monoisotopic (exact) mass is 231 g/mol. The minimum absolute atomic E-state index is 0.957. The first-order valence-corrected chi connectivity index (χ1v) is 6.27. The van der Waals surface area contributed by atoms with Gasteiger partial charge < -0.3 is 5.32 Å². The van der Waals surface area contributed by atoms with Crippen LogP contribution >= 0.6 is 11.3 Å². The fourth-order valence-electron chi connectivity index (χ4n) is 1.83. The number of fused-ring (bicyclic) bond motifs is 1. The maximum absolute atomic E-state index is 4.67. The van der Waals surface area contributed by atoms with Gasteiger partial charge in [-0.1, -0.05) is 6.07 Å². The standard InChI is InChI=1S/C12H13N3S/c1-8-2-3-10(14-6-8)12-15-9-4-5-13-7-11(9)16-12/h2-3,6,13H,4-5,7H2,1H3. The predicted octanol–water partition coefficient (Wildman–Crippen LogP) is 2.16. The van der Waals surface area contributed by atoms with Gasteiger partial charge in [0.15, 0.2) is 0 Å². The molecule has 0 radical (unpaired) electrons. The Kier molecular flexibility index (Phi) is 2.46. The second-order valence-electron chi connectivity index (χ2n) is 4.04. The number of aromatic nitrogens is 2. The fraction of sp³-hybridized carbons (Fsp3) is 0.333. The molecule has 1 N–H and O–H groups in total. The van der Waals surface area contributed by atoms with Crippen molar-refractivity contribution in [2.24, 2.45) is 0 Å². The van der Waals surface area contributed by atoms with Crippen molar-refractivity contribution in [1.82, 2.24) is 15.3 Å². The summed E-state index contributed by atoms with van der Waals surface area (Å²) in [6.45, 7) is 4.05. The zero-order valence-corrected chi connectivity index (χ0v) is 9.97. The number of nitrogens with one attached hydrogen (secondary N) is 1. The zero-order chi connectivity index (χ0) is 11.0. The van der Waals surface area contributed by atoms with Crippen LogP contribution in [0, 0.1) is 6.92 Å². The summed E-state index contributed by atoms with van der Waals surface area (Å²) in [5, 5.41) is 4.41. The zero-order valence-electron chi connectivity index (χ0n) is 9.16. The molecule has 0 atom stereocenters. The number of nitrogens with zero attached hydrogens (tertiary/aromatic N) is 2. The van der Waals surface area contributed by atoms with E-state index >= 15 is 0 Å². The molecule has 2 aromatic heterocycles. The van der Waals surface area contributed by atoms with E-state index in [9.17, 15) is 0 Å². The number of hydrogen-bond donors (Lipinski definition) is 1. The lowest BCUT2D eigenvalue weighted by atomic mass is 10.2. The van der Waals surface area contributed by atoms with Gasteiger partial charge in [-0.25, -0.2) is 4.98 Å². The molecule has 1 aliphatic rings. The van der Waals surface area contributed by atoms with Crippen LogP contribution in [0.4, 0.5) is 0 Å². The molecule has 0 aliphatic carbocycles. The molecule has 82 valence electrons. The van der Waals surface area contributed by atoms with Crippen molar-refractivity contribution in [1.29, 1.82) is 0 Å². The van der Waals surface area contributed by atoms with Gasteiger partial charge in [-0.05, 0) is 18.6 Å². The fourth-order valence-corrected chi connectivity index (χ4v) is 2.88. The van der Waals surface area contributed by atoms with Crippen molar-refractivity contribution in [3.63, 3.8) is 0 Å². The minimum atomic E-state index is 0.957. The van der Waals surface area contributed by atoms with Crippen molar-refractivity contribution in [2.75, 3.05) is 6.54 Å². The third kappa shape index (κ3) is 1.74. The van der Waals surface area contributed by atoms with Gasteiger partial charge in [0, 0.05) is 30.6 Å². The van der Waals surface area contributed by atoms with E-state index in [2.05, 4.69) is 21.4 Å². The van der Waals surface area contributed by atoms with Crippen molar-refractivity contribution in [3.8, 4) is 10.7 Å². The Bertz CT molecular complexity index is 478. The predicted molar refractivity (Wildman–Crippen MR) is 65.5 cm³/mol. The summed E-state index contributed by atoms with van der Waals surface area (Å²) in [5.41, 5.74) is 3.43. The van der Waals surface area contributed by atoms with Crippen LogP contribution in [0.15, 0.2) is 18.3 Å². The molecule has 2 aromatic rings. The van der Waals surface area contributed by atoms with Crippen LogP contribution in [0.2, 0.25) is 0 Å². The first-order chi connectivity index (χ1) is 7.83. The summed E-state index contributed by atoms with van der Waals surface area (Å²) in [6, 6.07) is 4.13. The van der Waals surface area contributed by atoms with E-state index in [1.54, 1.807) is 11.3 Å². The van der Waals surface area contributed by atoms with Gasteiger partial charge in [-0.15, -0.1) is 11.3 Å². The van der Waals surface area contributed by atoms with Crippen molar-refractivity contribution < 1.29 is 0 Å². The van der Waals surface area contributed by atoms with Gasteiger partial charge in [0.1, 0.15) is 5.01 Å². The Balaban J connectivity index is 2.00. The quantitative estimate of drug-likeness (QED) is 0.817. The summed E-state index contributed by atoms with van der Waals surface area (Å²) in [5.74, 6) is 0. The first-order valence-electron chi connectivity index (χ1n) is 5.45. The van der Waals surface area contributed by atoms with E-state index in [0.29, 0.717) is 0 Å². The van der Waals surface area contributed by atoms with Crippen LogP contribution in [0.3, 0.4) is 0 Å². The average molecular weight is 231 g/mol.